The monoisotopic (exact) mass is 501 g/mol. The predicted molar refractivity (Wildman–Crippen MR) is 136 cm³/mol. The molecule has 0 aliphatic carbocycles. The van der Waals surface area contributed by atoms with Crippen LogP contribution >= 0.6 is 0 Å². The van der Waals surface area contributed by atoms with Crippen LogP contribution in [0, 0.1) is 0 Å². The van der Waals surface area contributed by atoms with Crippen LogP contribution in [0.25, 0.3) is 0 Å². The molecule has 4 rings (SSSR count). The summed E-state index contributed by atoms with van der Waals surface area (Å²) >= 11 is 0. The van der Waals surface area contributed by atoms with Gasteiger partial charge in [0.2, 0.25) is 11.8 Å². The van der Waals surface area contributed by atoms with E-state index in [1.54, 1.807) is 66.7 Å². The lowest BCUT2D eigenvalue weighted by molar-refractivity contribution is -0.126. The molecule has 0 saturated carbocycles. The fourth-order valence-electron chi connectivity index (χ4n) is 3.82. The van der Waals surface area contributed by atoms with E-state index in [-0.39, 0.29) is 18.8 Å². The van der Waals surface area contributed by atoms with Crippen LogP contribution in [0.3, 0.4) is 0 Å². The molecule has 2 aromatic heterocycles. The van der Waals surface area contributed by atoms with Crippen molar-refractivity contribution in [3.05, 3.63) is 108 Å². The number of nitrogens with zero attached hydrogens (tertiary/aromatic N) is 1. The fourth-order valence-corrected chi connectivity index (χ4v) is 3.82. The SMILES string of the molecule is CCOc1ccccc1N(C(=O)CNC(=O)c1ccco1)[C@H](C(=O)NCc1ccco1)c1ccccc1. The summed E-state index contributed by atoms with van der Waals surface area (Å²) in [6.45, 7) is 1.95. The van der Waals surface area contributed by atoms with Crippen molar-refractivity contribution < 1.29 is 28.0 Å². The topological polar surface area (TPSA) is 114 Å². The van der Waals surface area contributed by atoms with Crippen LogP contribution in [-0.2, 0) is 16.1 Å². The Morgan fingerprint density at radius 1 is 0.865 bits per heavy atom. The van der Waals surface area contributed by atoms with Gasteiger partial charge in [0.1, 0.15) is 17.6 Å². The molecule has 0 aliphatic rings. The maximum absolute atomic E-state index is 13.8. The molecule has 2 N–H and O–H groups in total. The maximum Gasteiger partial charge on any atom is 0.287 e. The number of amides is 3. The number of para-hydroxylation sites is 2. The number of anilines is 1. The van der Waals surface area contributed by atoms with Crippen LogP contribution in [-0.4, -0.2) is 30.9 Å². The molecular weight excluding hydrogens is 474 g/mol. The summed E-state index contributed by atoms with van der Waals surface area (Å²) in [6.07, 6.45) is 2.89. The molecule has 0 aliphatic heterocycles. The summed E-state index contributed by atoms with van der Waals surface area (Å²) in [6, 6.07) is 21.4. The van der Waals surface area contributed by atoms with E-state index in [1.165, 1.54) is 23.5 Å². The number of carbonyl (C=O) groups excluding carboxylic acids is 3. The van der Waals surface area contributed by atoms with Crippen molar-refractivity contribution in [2.75, 3.05) is 18.1 Å². The highest BCUT2D eigenvalue weighted by atomic mass is 16.5. The van der Waals surface area contributed by atoms with Crippen molar-refractivity contribution in [1.29, 1.82) is 0 Å². The van der Waals surface area contributed by atoms with E-state index in [1.807, 2.05) is 13.0 Å². The zero-order valence-corrected chi connectivity index (χ0v) is 20.3. The van der Waals surface area contributed by atoms with Gasteiger partial charge < -0.3 is 24.2 Å². The Kier molecular flexibility index (Phi) is 8.38. The average molecular weight is 502 g/mol. The molecule has 3 amide bonds. The molecule has 0 saturated heterocycles. The lowest BCUT2D eigenvalue weighted by Crippen LogP contribution is -2.47. The average Bonchev–Trinajstić information content (AvgIpc) is 3.65. The summed E-state index contributed by atoms with van der Waals surface area (Å²) in [4.78, 5) is 41.2. The minimum Gasteiger partial charge on any atom is -0.492 e. The van der Waals surface area contributed by atoms with Crippen LogP contribution in [0.5, 0.6) is 5.75 Å². The first kappa shape index (κ1) is 25.3. The molecule has 37 heavy (non-hydrogen) atoms. The van der Waals surface area contributed by atoms with E-state index in [0.717, 1.165) is 0 Å². The third-order valence-corrected chi connectivity index (χ3v) is 5.48. The molecule has 0 radical (unpaired) electrons. The lowest BCUT2D eigenvalue weighted by atomic mass is 10.0. The molecule has 2 aromatic carbocycles. The molecule has 4 aromatic rings. The Bertz CT molecular complexity index is 1300. The lowest BCUT2D eigenvalue weighted by Gasteiger charge is -2.32. The summed E-state index contributed by atoms with van der Waals surface area (Å²) < 4.78 is 16.3. The number of rotatable bonds is 11. The number of benzene rings is 2. The number of carbonyl (C=O) groups is 3. The quantitative estimate of drug-likeness (QED) is 0.320. The Morgan fingerprint density at radius 3 is 2.30 bits per heavy atom. The van der Waals surface area contributed by atoms with Gasteiger partial charge in [-0.3, -0.25) is 19.3 Å². The first-order valence-corrected chi connectivity index (χ1v) is 11.8. The van der Waals surface area contributed by atoms with Crippen molar-refractivity contribution in [3.8, 4) is 5.75 Å². The van der Waals surface area contributed by atoms with Gasteiger partial charge in [-0.15, -0.1) is 0 Å². The first-order chi connectivity index (χ1) is 18.1. The van der Waals surface area contributed by atoms with Gasteiger partial charge >= 0.3 is 0 Å². The van der Waals surface area contributed by atoms with Crippen molar-refractivity contribution in [2.45, 2.75) is 19.5 Å². The number of ether oxygens (including phenoxy) is 1. The minimum atomic E-state index is -1.06. The van der Waals surface area contributed by atoms with Gasteiger partial charge in [0.15, 0.2) is 5.76 Å². The van der Waals surface area contributed by atoms with Crippen molar-refractivity contribution in [3.63, 3.8) is 0 Å². The number of furan rings is 2. The van der Waals surface area contributed by atoms with E-state index < -0.39 is 23.8 Å². The van der Waals surface area contributed by atoms with Gasteiger partial charge in [-0.25, -0.2) is 0 Å². The molecule has 9 nitrogen and oxygen atoms in total. The van der Waals surface area contributed by atoms with Gasteiger partial charge in [0.05, 0.1) is 37.9 Å². The minimum absolute atomic E-state index is 0.0740. The molecule has 0 bridgehead atoms. The summed E-state index contributed by atoms with van der Waals surface area (Å²) in [5, 5.41) is 5.43. The van der Waals surface area contributed by atoms with E-state index in [4.69, 9.17) is 13.6 Å². The molecule has 2 heterocycles. The van der Waals surface area contributed by atoms with Crippen molar-refractivity contribution in [1.82, 2.24) is 10.6 Å². The second-order valence-corrected chi connectivity index (χ2v) is 7.93. The second kappa shape index (κ2) is 12.3. The fraction of sp³-hybridized carbons (Fsp3) is 0.179. The number of hydrogen-bond acceptors (Lipinski definition) is 6. The highest BCUT2D eigenvalue weighted by molar-refractivity contribution is 6.05. The van der Waals surface area contributed by atoms with Crippen LogP contribution < -0.4 is 20.3 Å². The Balaban J connectivity index is 1.70. The van der Waals surface area contributed by atoms with Crippen LogP contribution in [0.2, 0.25) is 0 Å². The zero-order valence-electron chi connectivity index (χ0n) is 20.3. The van der Waals surface area contributed by atoms with E-state index in [2.05, 4.69) is 10.6 Å². The van der Waals surface area contributed by atoms with E-state index in [0.29, 0.717) is 29.4 Å². The number of nitrogens with one attached hydrogen (secondary N) is 2. The normalized spacial score (nSPS) is 11.4. The Labute approximate surface area is 214 Å². The van der Waals surface area contributed by atoms with Gasteiger partial charge in [-0.05, 0) is 48.9 Å². The molecular formula is C28H27N3O6. The smallest absolute Gasteiger partial charge is 0.287 e. The predicted octanol–water partition coefficient (Wildman–Crippen LogP) is 4.09. The molecule has 1 atom stereocenters. The Morgan fingerprint density at radius 2 is 1.59 bits per heavy atom. The third-order valence-electron chi connectivity index (χ3n) is 5.48. The maximum atomic E-state index is 13.8. The van der Waals surface area contributed by atoms with Gasteiger partial charge in [-0.1, -0.05) is 42.5 Å². The number of hydrogen-bond donors (Lipinski definition) is 2. The molecule has 0 spiro atoms. The molecule has 0 fully saturated rings. The van der Waals surface area contributed by atoms with Crippen LogP contribution in [0.4, 0.5) is 5.69 Å². The largest absolute Gasteiger partial charge is 0.492 e. The summed E-state index contributed by atoms with van der Waals surface area (Å²) in [5.41, 5.74) is 0.972. The van der Waals surface area contributed by atoms with E-state index >= 15 is 0 Å². The standard InChI is InChI=1S/C28H27N3O6/c1-2-35-23-14-7-6-13-22(23)31(25(32)19-30-27(33)24-15-9-17-37-24)26(20-10-4-3-5-11-20)28(34)29-18-21-12-8-16-36-21/h3-17,26H,2,18-19H2,1H3,(H,29,34)(H,30,33)/t26-/m0/s1. The van der Waals surface area contributed by atoms with E-state index in [9.17, 15) is 14.4 Å². The Hall–Kier alpha value is -4.79. The van der Waals surface area contributed by atoms with Gasteiger partial charge in [0.25, 0.3) is 5.91 Å². The highest BCUT2D eigenvalue weighted by Gasteiger charge is 2.34. The highest BCUT2D eigenvalue weighted by Crippen LogP contribution is 2.35. The summed E-state index contributed by atoms with van der Waals surface area (Å²) in [7, 11) is 0. The third kappa shape index (κ3) is 6.26. The summed E-state index contributed by atoms with van der Waals surface area (Å²) in [5.74, 6) is -0.428. The second-order valence-electron chi connectivity index (χ2n) is 7.93. The first-order valence-electron chi connectivity index (χ1n) is 11.8. The zero-order chi connectivity index (χ0) is 26.0. The van der Waals surface area contributed by atoms with Gasteiger partial charge in [0, 0.05) is 0 Å². The molecule has 9 heteroatoms. The van der Waals surface area contributed by atoms with Crippen LogP contribution in [0.15, 0.2) is 100 Å². The van der Waals surface area contributed by atoms with Crippen molar-refractivity contribution >= 4 is 23.4 Å². The van der Waals surface area contributed by atoms with Crippen LogP contribution in [0.1, 0.15) is 34.8 Å². The molecule has 190 valence electrons. The molecule has 0 unspecified atom stereocenters. The van der Waals surface area contributed by atoms with Crippen molar-refractivity contribution in [2.24, 2.45) is 0 Å². The van der Waals surface area contributed by atoms with Gasteiger partial charge in [-0.2, -0.15) is 0 Å².